The van der Waals surface area contributed by atoms with E-state index in [1.165, 1.54) is 14.2 Å². The standard InChI is InChI=1S/C25H28N4O6/c1-16-7-4-5-8-17(16)15-28-24(31)22(23(30)26-14-19-9-6-12-35-19)27-29(25(28)32)18-10-11-20(33-2)21(13-18)34-3/h4-5,7-8,10-11,13,19H,6,9,12,14-15H2,1-3H3,(H,26,30)/t19-/m0/s1. The molecule has 10 nitrogen and oxygen atoms in total. The van der Waals surface area contributed by atoms with Crippen molar-refractivity contribution in [3.8, 4) is 17.2 Å². The van der Waals surface area contributed by atoms with Crippen molar-refractivity contribution in [2.45, 2.75) is 32.4 Å². The highest BCUT2D eigenvalue weighted by Crippen LogP contribution is 2.28. The number of aryl methyl sites for hydroxylation is 1. The van der Waals surface area contributed by atoms with Crippen LogP contribution in [0, 0.1) is 6.92 Å². The van der Waals surface area contributed by atoms with Crippen molar-refractivity contribution in [2.75, 3.05) is 27.4 Å². The van der Waals surface area contributed by atoms with Crippen molar-refractivity contribution in [1.82, 2.24) is 19.7 Å². The first-order chi connectivity index (χ1) is 16.9. The van der Waals surface area contributed by atoms with Crippen molar-refractivity contribution >= 4 is 5.91 Å². The van der Waals surface area contributed by atoms with Crippen molar-refractivity contribution in [1.29, 1.82) is 0 Å². The van der Waals surface area contributed by atoms with E-state index in [0.29, 0.717) is 23.8 Å². The molecule has 10 heteroatoms. The maximum absolute atomic E-state index is 13.4. The lowest BCUT2D eigenvalue weighted by atomic mass is 10.1. The van der Waals surface area contributed by atoms with Crippen LogP contribution < -0.4 is 26.0 Å². The minimum Gasteiger partial charge on any atom is -0.493 e. The summed E-state index contributed by atoms with van der Waals surface area (Å²) in [5.41, 5.74) is 0.187. The van der Waals surface area contributed by atoms with Gasteiger partial charge in [0, 0.05) is 19.2 Å². The molecule has 2 heterocycles. The lowest BCUT2D eigenvalue weighted by molar-refractivity contribution is 0.0849. The Balaban J connectivity index is 1.81. The summed E-state index contributed by atoms with van der Waals surface area (Å²) in [4.78, 5) is 39.8. The molecule has 1 amide bonds. The highest BCUT2D eigenvalue weighted by molar-refractivity contribution is 5.91. The van der Waals surface area contributed by atoms with Gasteiger partial charge < -0.3 is 19.5 Å². The van der Waals surface area contributed by atoms with E-state index in [0.717, 1.165) is 33.2 Å². The van der Waals surface area contributed by atoms with Crippen molar-refractivity contribution in [3.63, 3.8) is 0 Å². The van der Waals surface area contributed by atoms with E-state index in [-0.39, 0.29) is 24.9 Å². The van der Waals surface area contributed by atoms with Crippen LogP contribution in [0.4, 0.5) is 0 Å². The van der Waals surface area contributed by atoms with Gasteiger partial charge in [0.25, 0.3) is 11.5 Å². The molecule has 1 N–H and O–H groups in total. The molecule has 0 radical (unpaired) electrons. The first-order valence-electron chi connectivity index (χ1n) is 11.3. The van der Waals surface area contributed by atoms with Crippen LogP contribution >= 0.6 is 0 Å². The molecule has 35 heavy (non-hydrogen) atoms. The minimum absolute atomic E-state index is 0.00777. The van der Waals surface area contributed by atoms with Crippen molar-refractivity contribution in [3.05, 3.63) is 80.1 Å². The van der Waals surface area contributed by atoms with E-state index >= 15 is 0 Å². The summed E-state index contributed by atoms with van der Waals surface area (Å²) in [6, 6.07) is 12.2. The Bertz CT molecular complexity index is 1340. The fourth-order valence-electron chi connectivity index (χ4n) is 3.97. The SMILES string of the molecule is COc1ccc(-n2nc(C(=O)NC[C@@H]3CCCO3)c(=O)n(Cc3ccccc3C)c2=O)cc1OC. The smallest absolute Gasteiger partial charge is 0.352 e. The van der Waals surface area contributed by atoms with Gasteiger partial charge in [-0.1, -0.05) is 24.3 Å². The average Bonchev–Trinajstić information content (AvgIpc) is 3.39. The van der Waals surface area contributed by atoms with E-state index in [4.69, 9.17) is 14.2 Å². The molecule has 1 atom stereocenters. The molecule has 0 saturated carbocycles. The molecular weight excluding hydrogens is 452 g/mol. The van der Waals surface area contributed by atoms with Gasteiger partial charge in [-0.15, -0.1) is 0 Å². The number of hydrogen-bond acceptors (Lipinski definition) is 7. The third-order valence-corrected chi connectivity index (χ3v) is 5.99. The maximum Gasteiger partial charge on any atom is 0.352 e. The zero-order chi connectivity index (χ0) is 24.9. The molecule has 1 saturated heterocycles. The molecule has 0 aliphatic carbocycles. The second-order valence-corrected chi connectivity index (χ2v) is 8.25. The van der Waals surface area contributed by atoms with E-state index < -0.39 is 17.2 Å². The minimum atomic E-state index is -0.764. The zero-order valence-electron chi connectivity index (χ0n) is 19.9. The normalized spacial score (nSPS) is 15.1. The fourth-order valence-corrected chi connectivity index (χ4v) is 3.97. The van der Waals surface area contributed by atoms with Gasteiger partial charge in [-0.05, 0) is 43.0 Å². The highest BCUT2D eigenvalue weighted by atomic mass is 16.5. The number of amides is 1. The molecule has 1 aliphatic rings. The van der Waals surface area contributed by atoms with Crippen LogP contribution in [0.25, 0.3) is 5.69 Å². The molecule has 4 rings (SSSR count). The molecule has 0 unspecified atom stereocenters. The number of nitrogens with zero attached hydrogens (tertiary/aromatic N) is 3. The number of carbonyl (C=O) groups is 1. The molecule has 1 aliphatic heterocycles. The van der Waals surface area contributed by atoms with Crippen LogP contribution in [0.1, 0.15) is 34.5 Å². The zero-order valence-corrected chi connectivity index (χ0v) is 19.9. The Morgan fingerprint density at radius 2 is 1.91 bits per heavy atom. The quantitative estimate of drug-likeness (QED) is 0.522. The number of ether oxygens (including phenoxy) is 3. The summed E-state index contributed by atoms with van der Waals surface area (Å²) in [6.07, 6.45) is 1.65. The Hall–Kier alpha value is -3.92. The lowest BCUT2D eigenvalue weighted by Crippen LogP contribution is -2.46. The van der Waals surface area contributed by atoms with Gasteiger partial charge >= 0.3 is 5.69 Å². The lowest BCUT2D eigenvalue weighted by Gasteiger charge is -2.15. The number of carbonyl (C=O) groups excluding carboxylic acids is 1. The summed E-state index contributed by atoms with van der Waals surface area (Å²) in [5.74, 6) is 0.171. The first kappa shape index (κ1) is 24.2. The summed E-state index contributed by atoms with van der Waals surface area (Å²) < 4.78 is 18.2. The molecule has 184 valence electrons. The van der Waals surface area contributed by atoms with Crippen LogP contribution in [0.5, 0.6) is 11.5 Å². The number of aromatic nitrogens is 3. The number of hydrogen-bond donors (Lipinski definition) is 1. The third-order valence-electron chi connectivity index (χ3n) is 5.99. The predicted octanol–water partition coefficient (Wildman–Crippen LogP) is 1.68. The Morgan fingerprint density at radius 1 is 1.14 bits per heavy atom. The van der Waals surface area contributed by atoms with Crippen LogP contribution in [-0.4, -0.2) is 53.7 Å². The van der Waals surface area contributed by atoms with Gasteiger partial charge in [0.05, 0.1) is 32.6 Å². The van der Waals surface area contributed by atoms with Crippen LogP contribution in [-0.2, 0) is 11.3 Å². The van der Waals surface area contributed by atoms with Gasteiger partial charge in [0.2, 0.25) is 5.69 Å². The van der Waals surface area contributed by atoms with Crippen LogP contribution in [0.3, 0.4) is 0 Å². The van der Waals surface area contributed by atoms with Gasteiger partial charge in [-0.2, -0.15) is 9.78 Å². The Morgan fingerprint density at radius 3 is 2.60 bits per heavy atom. The number of methoxy groups -OCH3 is 2. The number of benzene rings is 2. The summed E-state index contributed by atoms with van der Waals surface area (Å²) in [7, 11) is 2.97. The molecule has 0 spiro atoms. The third kappa shape index (κ3) is 5.12. The number of rotatable bonds is 8. The van der Waals surface area contributed by atoms with Crippen molar-refractivity contribution < 1.29 is 19.0 Å². The first-order valence-corrected chi connectivity index (χ1v) is 11.3. The average molecular weight is 481 g/mol. The molecule has 2 aromatic carbocycles. The van der Waals surface area contributed by atoms with Gasteiger partial charge in [-0.3, -0.25) is 14.2 Å². The van der Waals surface area contributed by atoms with Gasteiger partial charge in [-0.25, -0.2) is 4.79 Å². The van der Waals surface area contributed by atoms with Gasteiger partial charge in [0.1, 0.15) is 0 Å². The monoisotopic (exact) mass is 480 g/mol. The molecular formula is C25H28N4O6. The van der Waals surface area contributed by atoms with E-state index in [1.54, 1.807) is 18.2 Å². The Labute approximate surface area is 202 Å². The second-order valence-electron chi connectivity index (χ2n) is 8.25. The van der Waals surface area contributed by atoms with Gasteiger partial charge in [0.15, 0.2) is 11.5 Å². The Kier molecular flexibility index (Phi) is 7.31. The van der Waals surface area contributed by atoms with Crippen molar-refractivity contribution in [2.24, 2.45) is 0 Å². The molecule has 0 bridgehead atoms. The maximum atomic E-state index is 13.4. The summed E-state index contributed by atoms with van der Waals surface area (Å²) >= 11 is 0. The molecule has 3 aromatic rings. The van der Waals surface area contributed by atoms with Crippen LogP contribution in [0.2, 0.25) is 0 Å². The highest BCUT2D eigenvalue weighted by Gasteiger charge is 2.23. The predicted molar refractivity (Wildman–Crippen MR) is 129 cm³/mol. The summed E-state index contributed by atoms with van der Waals surface area (Å²) in [5, 5.41) is 6.89. The summed E-state index contributed by atoms with van der Waals surface area (Å²) in [6.45, 7) is 2.79. The topological polar surface area (TPSA) is 114 Å². The van der Waals surface area contributed by atoms with E-state index in [2.05, 4.69) is 10.4 Å². The second kappa shape index (κ2) is 10.6. The molecule has 1 fully saturated rings. The number of nitrogens with one attached hydrogen (secondary N) is 1. The van der Waals surface area contributed by atoms with E-state index in [9.17, 15) is 14.4 Å². The largest absolute Gasteiger partial charge is 0.493 e. The van der Waals surface area contributed by atoms with E-state index in [1.807, 2.05) is 31.2 Å². The van der Waals surface area contributed by atoms with Crippen LogP contribution in [0.15, 0.2) is 52.1 Å². The fraction of sp³-hybridized carbons (Fsp3) is 0.360. The molecule has 1 aromatic heterocycles.